The lowest BCUT2D eigenvalue weighted by Crippen LogP contribution is -2.52. The van der Waals surface area contributed by atoms with Gasteiger partial charge in [0, 0.05) is 36.3 Å². The van der Waals surface area contributed by atoms with Crippen LogP contribution in [-0.2, 0) is 0 Å². The molecule has 102 valence electrons. The first-order valence-corrected chi connectivity index (χ1v) is 6.11. The summed E-state index contributed by atoms with van der Waals surface area (Å²) in [7, 11) is 0. The highest BCUT2D eigenvalue weighted by atomic mass is 79.9. The maximum Gasteiger partial charge on any atom is 0.272 e. The SMILES string of the molecule is CC1CNCCN1C(=O)c1ccc(Br)cn1.Cl.Cl. The molecule has 7 heteroatoms. The van der Waals surface area contributed by atoms with Gasteiger partial charge in [0.05, 0.1) is 0 Å². The van der Waals surface area contributed by atoms with E-state index in [2.05, 4.69) is 26.2 Å². The number of aromatic nitrogens is 1. The molecule has 1 fully saturated rings. The molecular formula is C11H16BrCl2N3O. The zero-order valence-electron chi connectivity index (χ0n) is 9.93. The molecule has 1 amide bonds. The zero-order chi connectivity index (χ0) is 11.5. The standard InChI is InChI=1S/C11H14BrN3O.2ClH/c1-8-6-13-4-5-15(8)11(16)10-3-2-9(12)7-14-10;;/h2-3,7-8,13H,4-6H2,1H3;2*1H. The highest BCUT2D eigenvalue weighted by Gasteiger charge is 2.24. The summed E-state index contributed by atoms with van der Waals surface area (Å²) in [6.07, 6.45) is 1.65. The van der Waals surface area contributed by atoms with Crippen LogP contribution in [0.4, 0.5) is 0 Å². The number of hydrogen-bond acceptors (Lipinski definition) is 3. The molecule has 1 aromatic rings. The molecule has 18 heavy (non-hydrogen) atoms. The quantitative estimate of drug-likeness (QED) is 0.838. The predicted molar refractivity (Wildman–Crippen MR) is 79.8 cm³/mol. The molecule has 4 nitrogen and oxygen atoms in total. The Labute approximate surface area is 127 Å². The van der Waals surface area contributed by atoms with Crippen molar-refractivity contribution in [3.63, 3.8) is 0 Å². The van der Waals surface area contributed by atoms with E-state index in [1.165, 1.54) is 0 Å². The van der Waals surface area contributed by atoms with Gasteiger partial charge in [0.2, 0.25) is 0 Å². The minimum absolute atomic E-state index is 0. The topological polar surface area (TPSA) is 45.2 Å². The second-order valence-electron chi connectivity index (χ2n) is 3.91. The van der Waals surface area contributed by atoms with Crippen molar-refractivity contribution in [1.29, 1.82) is 0 Å². The Hall–Kier alpha value is -0.360. The summed E-state index contributed by atoms with van der Waals surface area (Å²) in [5.41, 5.74) is 0.511. The second kappa shape index (κ2) is 7.94. The normalized spacial score (nSPS) is 18.6. The van der Waals surface area contributed by atoms with E-state index < -0.39 is 0 Å². The summed E-state index contributed by atoms with van der Waals surface area (Å²) in [5.74, 6) is 0.0153. The van der Waals surface area contributed by atoms with E-state index in [0.29, 0.717) is 5.69 Å². The van der Waals surface area contributed by atoms with Crippen molar-refractivity contribution in [3.05, 3.63) is 28.5 Å². The van der Waals surface area contributed by atoms with Gasteiger partial charge in [-0.1, -0.05) is 0 Å². The van der Waals surface area contributed by atoms with Crippen LogP contribution in [0, 0.1) is 0 Å². The number of carbonyl (C=O) groups is 1. The Morgan fingerprint density at radius 1 is 1.50 bits per heavy atom. The van der Waals surface area contributed by atoms with Gasteiger partial charge in [0.1, 0.15) is 5.69 Å². The summed E-state index contributed by atoms with van der Waals surface area (Å²) in [4.78, 5) is 18.1. The third-order valence-electron chi connectivity index (χ3n) is 2.71. The Morgan fingerprint density at radius 2 is 2.22 bits per heavy atom. The van der Waals surface area contributed by atoms with Crippen LogP contribution < -0.4 is 5.32 Å². The highest BCUT2D eigenvalue weighted by molar-refractivity contribution is 9.10. The molecule has 1 unspecified atom stereocenters. The van der Waals surface area contributed by atoms with Crippen molar-refractivity contribution in [3.8, 4) is 0 Å². The average molecular weight is 357 g/mol. The average Bonchev–Trinajstić information content (AvgIpc) is 2.30. The smallest absolute Gasteiger partial charge is 0.272 e. The van der Waals surface area contributed by atoms with Crippen molar-refractivity contribution >= 4 is 46.7 Å². The van der Waals surface area contributed by atoms with E-state index >= 15 is 0 Å². The second-order valence-corrected chi connectivity index (χ2v) is 4.83. The number of piperazine rings is 1. The number of rotatable bonds is 1. The van der Waals surface area contributed by atoms with E-state index in [-0.39, 0.29) is 36.8 Å². The number of nitrogens with one attached hydrogen (secondary N) is 1. The van der Waals surface area contributed by atoms with Crippen molar-refractivity contribution in [1.82, 2.24) is 15.2 Å². The van der Waals surface area contributed by atoms with E-state index in [1.54, 1.807) is 12.3 Å². The molecule has 1 aromatic heterocycles. The summed E-state index contributed by atoms with van der Waals surface area (Å²) in [6, 6.07) is 3.82. The zero-order valence-corrected chi connectivity index (χ0v) is 13.1. The number of nitrogens with zero attached hydrogens (tertiary/aromatic N) is 2. The van der Waals surface area contributed by atoms with Crippen LogP contribution in [0.5, 0.6) is 0 Å². The van der Waals surface area contributed by atoms with Crippen LogP contribution in [0.15, 0.2) is 22.8 Å². The predicted octanol–water partition coefficient (Wildman–Crippen LogP) is 2.12. The van der Waals surface area contributed by atoms with Gasteiger partial charge in [0.15, 0.2) is 0 Å². The molecule has 1 aliphatic rings. The first-order valence-electron chi connectivity index (χ1n) is 5.32. The van der Waals surface area contributed by atoms with Gasteiger partial charge < -0.3 is 10.2 Å². The lowest BCUT2D eigenvalue weighted by molar-refractivity contribution is 0.0649. The van der Waals surface area contributed by atoms with E-state index in [4.69, 9.17) is 0 Å². The lowest BCUT2D eigenvalue weighted by atomic mass is 10.2. The van der Waals surface area contributed by atoms with Gasteiger partial charge in [-0.05, 0) is 35.0 Å². The van der Waals surface area contributed by atoms with Crippen molar-refractivity contribution in [2.45, 2.75) is 13.0 Å². The number of halogens is 3. The third-order valence-corrected chi connectivity index (χ3v) is 3.18. The molecule has 0 radical (unpaired) electrons. The molecule has 0 bridgehead atoms. The van der Waals surface area contributed by atoms with Crippen molar-refractivity contribution < 1.29 is 4.79 Å². The number of amides is 1. The molecule has 1 saturated heterocycles. The molecule has 2 rings (SSSR count). The molecule has 0 aromatic carbocycles. The van der Waals surface area contributed by atoms with Crippen LogP contribution in [0.25, 0.3) is 0 Å². The fourth-order valence-corrected chi connectivity index (χ4v) is 2.03. The minimum Gasteiger partial charge on any atom is -0.332 e. The monoisotopic (exact) mass is 355 g/mol. The Kier molecular flexibility index (Phi) is 7.78. The maximum atomic E-state index is 12.1. The van der Waals surface area contributed by atoms with E-state index in [1.807, 2.05) is 17.9 Å². The van der Waals surface area contributed by atoms with E-state index in [9.17, 15) is 4.79 Å². The Morgan fingerprint density at radius 3 is 2.78 bits per heavy atom. The largest absolute Gasteiger partial charge is 0.332 e. The molecule has 0 aliphatic carbocycles. The van der Waals surface area contributed by atoms with Crippen molar-refractivity contribution in [2.24, 2.45) is 0 Å². The summed E-state index contributed by atoms with van der Waals surface area (Å²) in [5, 5.41) is 3.26. The number of carbonyl (C=O) groups excluding carboxylic acids is 1. The van der Waals surface area contributed by atoms with Gasteiger partial charge in [-0.2, -0.15) is 0 Å². The fourth-order valence-electron chi connectivity index (χ4n) is 1.79. The van der Waals surface area contributed by atoms with Gasteiger partial charge in [-0.3, -0.25) is 4.79 Å². The Balaban J connectivity index is 0.00000144. The first-order chi connectivity index (χ1) is 7.68. The summed E-state index contributed by atoms with van der Waals surface area (Å²) < 4.78 is 0.886. The molecule has 1 atom stereocenters. The number of hydrogen-bond donors (Lipinski definition) is 1. The molecule has 0 spiro atoms. The van der Waals surface area contributed by atoms with Gasteiger partial charge in [-0.25, -0.2) is 4.98 Å². The maximum absolute atomic E-state index is 12.1. The Bertz CT molecular complexity index is 388. The molecule has 1 aliphatic heterocycles. The van der Waals surface area contributed by atoms with Crippen molar-refractivity contribution in [2.75, 3.05) is 19.6 Å². The third kappa shape index (κ3) is 4.09. The minimum atomic E-state index is 0. The van der Waals surface area contributed by atoms with Crippen LogP contribution >= 0.6 is 40.7 Å². The van der Waals surface area contributed by atoms with E-state index in [0.717, 1.165) is 24.1 Å². The molecule has 2 heterocycles. The lowest BCUT2D eigenvalue weighted by Gasteiger charge is -2.33. The van der Waals surface area contributed by atoms with Gasteiger partial charge in [-0.15, -0.1) is 24.8 Å². The highest BCUT2D eigenvalue weighted by Crippen LogP contribution is 2.11. The summed E-state index contributed by atoms with van der Waals surface area (Å²) in [6.45, 7) is 4.50. The van der Waals surface area contributed by atoms with Crippen LogP contribution in [-0.4, -0.2) is 41.5 Å². The first kappa shape index (κ1) is 17.6. The van der Waals surface area contributed by atoms with Crippen LogP contribution in [0.3, 0.4) is 0 Å². The number of pyridine rings is 1. The van der Waals surface area contributed by atoms with Crippen LogP contribution in [0.1, 0.15) is 17.4 Å². The summed E-state index contributed by atoms with van der Waals surface area (Å²) >= 11 is 3.31. The van der Waals surface area contributed by atoms with Gasteiger partial charge >= 0.3 is 0 Å². The van der Waals surface area contributed by atoms with Crippen LogP contribution in [0.2, 0.25) is 0 Å². The molecule has 1 N–H and O–H groups in total. The molecular weight excluding hydrogens is 341 g/mol. The fraction of sp³-hybridized carbons (Fsp3) is 0.455. The van der Waals surface area contributed by atoms with Gasteiger partial charge in [0.25, 0.3) is 5.91 Å². The molecule has 0 saturated carbocycles.